The molecule has 0 saturated carbocycles. The molecule has 0 fully saturated rings. The van der Waals surface area contributed by atoms with E-state index in [1.165, 1.54) is 5.56 Å². The summed E-state index contributed by atoms with van der Waals surface area (Å²) in [6.07, 6.45) is 3.64. The van der Waals surface area contributed by atoms with E-state index >= 15 is 0 Å². The normalized spacial score (nSPS) is 10.8. The minimum absolute atomic E-state index is 0.224. The Morgan fingerprint density at radius 2 is 2.27 bits per heavy atom. The molecule has 0 saturated heterocycles. The molecule has 2 rings (SSSR count). The summed E-state index contributed by atoms with van der Waals surface area (Å²) in [4.78, 5) is 3.21. The van der Waals surface area contributed by atoms with E-state index in [9.17, 15) is 0 Å². The van der Waals surface area contributed by atoms with Crippen LogP contribution in [0.1, 0.15) is 12.0 Å². The van der Waals surface area contributed by atoms with Gasteiger partial charge in [-0.15, -0.1) is 0 Å². The minimum Gasteiger partial charge on any atom is -0.496 e. The fraction of sp³-hybridized carbons (Fsp3) is 0.333. The maximum Gasteiger partial charge on any atom is 0.128 e. The Hall–Kier alpha value is -1.48. The van der Waals surface area contributed by atoms with Gasteiger partial charge in [0.1, 0.15) is 5.75 Å². The molecule has 15 heavy (non-hydrogen) atoms. The Bertz CT molecular complexity index is 448. The zero-order chi connectivity index (χ0) is 10.7. The molecule has 0 radical (unpaired) electrons. The minimum atomic E-state index is 0.224. The zero-order valence-corrected chi connectivity index (χ0v) is 8.79. The molecule has 0 unspecified atom stereocenters. The lowest BCUT2D eigenvalue weighted by Gasteiger charge is -2.03. The maximum atomic E-state index is 8.82. The number of methoxy groups -OCH3 is 1. The van der Waals surface area contributed by atoms with Crippen LogP contribution in [-0.4, -0.2) is 23.8 Å². The zero-order valence-electron chi connectivity index (χ0n) is 8.79. The summed E-state index contributed by atoms with van der Waals surface area (Å²) in [5, 5.41) is 9.96. The summed E-state index contributed by atoms with van der Waals surface area (Å²) in [7, 11) is 1.68. The highest BCUT2D eigenvalue weighted by Gasteiger charge is 2.07. The Labute approximate surface area is 88.7 Å². The highest BCUT2D eigenvalue weighted by Crippen LogP contribution is 2.28. The molecule has 0 atom stereocenters. The van der Waals surface area contributed by atoms with Gasteiger partial charge < -0.3 is 14.8 Å². The van der Waals surface area contributed by atoms with Crippen molar-refractivity contribution in [2.75, 3.05) is 13.7 Å². The average molecular weight is 205 g/mol. The van der Waals surface area contributed by atoms with Crippen LogP contribution in [0.25, 0.3) is 10.9 Å². The van der Waals surface area contributed by atoms with Crippen molar-refractivity contribution < 1.29 is 9.84 Å². The molecule has 80 valence electrons. The molecule has 2 N–H and O–H groups in total. The summed E-state index contributed by atoms with van der Waals surface area (Å²) >= 11 is 0. The second-order valence-corrected chi connectivity index (χ2v) is 3.52. The van der Waals surface area contributed by atoms with Gasteiger partial charge in [0, 0.05) is 23.7 Å². The smallest absolute Gasteiger partial charge is 0.128 e. The molecule has 3 nitrogen and oxygen atoms in total. The molecular weight excluding hydrogens is 190 g/mol. The van der Waals surface area contributed by atoms with Crippen molar-refractivity contribution >= 4 is 10.9 Å². The number of aromatic nitrogens is 1. The molecule has 0 amide bonds. The second-order valence-electron chi connectivity index (χ2n) is 3.52. The summed E-state index contributed by atoms with van der Waals surface area (Å²) in [6, 6.07) is 5.95. The Balaban J connectivity index is 2.46. The molecule has 0 bridgehead atoms. The number of benzene rings is 1. The SMILES string of the molecule is COc1cccc2[nH]cc(CCCO)c12. The van der Waals surface area contributed by atoms with Crippen LogP contribution < -0.4 is 4.74 Å². The standard InChI is InChI=1S/C12H15NO2/c1-15-11-6-2-5-10-12(11)9(8-13-10)4-3-7-14/h2,5-6,8,13-14H,3-4,7H2,1H3. The molecule has 3 heteroatoms. The van der Waals surface area contributed by atoms with E-state index in [2.05, 4.69) is 4.98 Å². The first-order valence-corrected chi connectivity index (χ1v) is 5.10. The number of hydrogen-bond donors (Lipinski definition) is 2. The van der Waals surface area contributed by atoms with Gasteiger partial charge in [-0.25, -0.2) is 0 Å². The van der Waals surface area contributed by atoms with Gasteiger partial charge in [-0.2, -0.15) is 0 Å². The van der Waals surface area contributed by atoms with Crippen LogP contribution in [0.4, 0.5) is 0 Å². The maximum absolute atomic E-state index is 8.82. The van der Waals surface area contributed by atoms with Gasteiger partial charge in [0.2, 0.25) is 0 Å². The monoisotopic (exact) mass is 205 g/mol. The van der Waals surface area contributed by atoms with Crippen molar-refractivity contribution in [1.82, 2.24) is 4.98 Å². The number of hydrogen-bond acceptors (Lipinski definition) is 2. The van der Waals surface area contributed by atoms with Gasteiger partial charge in [0.05, 0.1) is 7.11 Å². The van der Waals surface area contributed by atoms with E-state index in [1.54, 1.807) is 7.11 Å². The third kappa shape index (κ3) is 1.83. The van der Waals surface area contributed by atoms with Crippen molar-refractivity contribution in [2.24, 2.45) is 0 Å². The first-order chi connectivity index (χ1) is 7.36. The fourth-order valence-corrected chi connectivity index (χ4v) is 1.86. The Kier molecular flexibility index (Phi) is 2.92. The number of aromatic amines is 1. The van der Waals surface area contributed by atoms with Crippen LogP contribution in [0.5, 0.6) is 5.75 Å². The highest BCUT2D eigenvalue weighted by atomic mass is 16.5. The number of rotatable bonds is 4. The van der Waals surface area contributed by atoms with Crippen molar-refractivity contribution in [3.05, 3.63) is 30.0 Å². The third-order valence-corrected chi connectivity index (χ3v) is 2.57. The van der Waals surface area contributed by atoms with E-state index in [-0.39, 0.29) is 6.61 Å². The number of aliphatic hydroxyl groups excluding tert-OH is 1. The second kappa shape index (κ2) is 4.36. The molecule has 0 aliphatic heterocycles. The number of aryl methyl sites for hydroxylation is 1. The summed E-state index contributed by atoms with van der Waals surface area (Å²) in [6.45, 7) is 0.224. The van der Waals surface area contributed by atoms with Gasteiger partial charge in [0.25, 0.3) is 0 Å². The molecule has 0 spiro atoms. The summed E-state index contributed by atoms with van der Waals surface area (Å²) in [5.74, 6) is 0.890. The van der Waals surface area contributed by atoms with Crippen LogP contribution in [0.3, 0.4) is 0 Å². The first-order valence-electron chi connectivity index (χ1n) is 5.10. The summed E-state index contributed by atoms with van der Waals surface area (Å²) < 4.78 is 5.32. The van der Waals surface area contributed by atoms with E-state index in [4.69, 9.17) is 9.84 Å². The Morgan fingerprint density at radius 1 is 1.40 bits per heavy atom. The van der Waals surface area contributed by atoms with Crippen LogP contribution in [0.2, 0.25) is 0 Å². The lowest BCUT2D eigenvalue weighted by atomic mass is 10.1. The predicted octanol–water partition coefficient (Wildman–Crippen LogP) is 2.10. The molecule has 0 aliphatic carbocycles. The van der Waals surface area contributed by atoms with Crippen LogP contribution >= 0.6 is 0 Å². The highest BCUT2D eigenvalue weighted by molar-refractivity contribution is 5.89. The number of fused-ring (bicyclic) bond motifs is 1. The van der Waals surface area contributed by atoms with E-state index in [0.717, 1.165) is 29.5 Å². The van der Waals surface area contributed by atoms with Gasteiger partial charge in [-0.1, -0.05) is 6.07 Å². The van der Waals surface area contributed by atoms with Gasteiger partial charge in [0.15, 0.2) is 0 Å². The van der Waals surface area contributed by atoms with E-state index in [1.807, 2.05) is 24.4 Å². The first kappa shape index (κ1) is 10.1. The molecule has 0 aliphatic rings. The molecule has 1 aromatic heterocycles. The lowest BCUT2D eigenvalue weighted by molar-refractivity contribution is 0.288. The van der Waals surface area contributed by atoms with Gasteiger partial charge >= 0.3 is 0 Å². The van der Waals surface area contributed by atoms with Crippen molar-refractivity contribution in [3.8, 4) is 5.75 Å². The van der Waals surface area contributed by atoms with E-state index in [0.29, 0.717) is 0 Å². The van der Waals surface area contributed by atoms with Gasteiger partial charge in [-0.05, 0) is 30.5 Å². The molecular formula is C12H15NO2. The van der Waals surface area contributed by atoms with E-state index < -0.39 is 0 Å². The lowest BCUT2D eigenvalue weighted by Crippen LogP contribution is -1.90. The topological polar surface area (TPSA) is 45.2 Å². The average Bonchev–Trinajstić information content (AvgIpc) is 2.69. The van der Waals surface area contributed by atoms with Crippen LogP contribution in [0, 0.1) is 0 Å². The quantitative estimate of drug-likeness (QED) is 0.802. The molecule has 2 aromatic rings. The molecule has 1 aromatic carbocycles. The number of aliphatic hydroxyl groups is 1. The van der Waals surface area contributed by atoms with Gasteiger partial charge in [-0.3, -0.25) is 0 Å². The Morgan fingerprint density at radius 3 is 3.00 bits per heavy atom. The largest absolute Gasteiger partial charge is 0.496 e. The predicted molar refractivity (Wildman–Crippen MR) is 60.3 cm³/mol. The molecule has 1 heterocycles. The van der Waals surface area contributed by atoms with Crippen molar-refractivity contribution in [3.63, 3.8) is 0 Å². The summed E-state index contributed by atoms with van der Waals surface area (Å²) in [5.41, 5.74) is 2.29. The fourth-order valence-electron chi connectivity index (χ4n) is 1.86. The third-order valence-electron chi connectivity index (χ3n) is 2.57. The number of ether oxygens (including phenoxy) is 1. The van der Waals surface area contributed by atoms with Crippen molar-refractivity contribution in [1.29, 1.82) is 0 Å². The van der Waals surface area contributed by atoms with Crippen molar-refractivity contribution in [2.45, 2.75) is 12.8 Å². The number of H-pyrrole nitrogens is 1. The van der Waals surface area contributed by atoms with Crippen LogP contribution in [-0.2, 0) is 6.42 Å². The van der Waals surface area contributed by atoms with Crippen LogP contribution in [0.15, 0.2) is 24.4 Å². The number of nitrogens with one attached hydrogen (secondary N) is 1.